The summed E-state index contributed by atoms with van der Waals surface area (Å²) in [5.41, 5.74) is 2.22. The summed E-state index contributed by atoms with van der Waals surface area (Å²) in [6.07, 6.45) is 1.75. The summed E-state index contributed by atoms with van der Waals surface area (Å²) in [6.45, 7) is 2.07. The van der Waals surface area contributed by atoms with E-state index in [1.165, 1.54) is 0 Å². The highest BCUT2D eigenvalue weighted by molar-refractivity contribution is 7.92. The quantitative estimate of drug-likeness (QED) is 0.872. The van der Waals surface area contributed by atoms with Crippen molar-refractivity contribution in [3.8, 4) is 5.75 Å². The Morgan fingerprint density at radius 1 is 1.19 bits per heavy atom. The van der Waals surface area contributed by atoms with E-state index >= 15 is 0 Å². The third-order valence-electron chi connectivity index (χ3n) is 4.37. The maximum Gasteiger partial charge on any atom is 0.241 e. The summed E-state index contributed by atoms with van der Waals surface area (Å²) in [6, 6.07) is 14.5. The van der Waals surface area contributed by atoms with E-state index in [4.69, 9.17) is 4.74 Å². The summed E-state index contributed by atoms with van der Waals surface area (Å²) in [7, 11) is -3.59. The Kier molecular flexibility index (Phi) is 5.18. The monoisotopic (exact) mass is 374 g/mol. The maximum absolute atomic E-state index is 12.6. The Morgan fingerprint density at radius 2 is 1.88 bits per heavy atom. The number of carbonyl (C=O) groups is 1. The van der Waals surface area contributed by atoms with Gasteiger partial charge in [0.1, 0.15) is 12.3 Å². The minimum absolute atomic E-state index is 0.189. The largest absolute Gasteiger partial charge is 0.493 e. The molecule has 1 atom stereocenters. The van der Waals surface area contributed by atoms with Crippen LogP contribution < -0.4 is 14.4 Å². The first-order valence-corrected chi connectivity index (χ1v) is 10.3. The van der Waals surface area contributed by atoms with Crippen molar-refractivity contribution in [2.45, 2.75) is 19.4 Å². The zero-order valence-corrected chi connectivity index (χ0v) is 15.6. The van der Waals surface area contributed by atoms with Crippen molar-refractivity contribution in [1.82, 2.24) is 5.32 Å². The van der Waals surface area contributed by atoms with Crippen LogP contribution in [0.2, 0.25) is 0 Å². The summed E-state index contributed by atoms with van der Waals surface area (Å²) in [5, 5.41) is 2.94. The third kappa shape index (κ3) is 3.99. The predicted octanol–water partition coefficient (Wildman–Crippen LogP) is 2.40. The molecule has 1 aliphatic heterocycles. The number of amides is 1. The second kappa shape index (κ2) is 7.37. The Bertz CT molecular complexity index is 911. The molecule has 1 N–H and O–H groups in total. The average Bonchev–Trinajstić information content (AvgIpc) is 2.60. The molecule has 1 aliphatic rings. The first-order valence-electron chi connectivity index (χ1n) is 8.40. The van der Waals surface area contributed by atoms with Crippen molar-refractivity contribution in [3.63, 3.8) is 0 Å². The topological polar surface area (TPSA) is 75.7 Å². The fraction of sp³-hybridized carbons (Fsp3) is 0.316. The van der Waals surface area contributed by atoms with Crippen LogP contribution in [0, 0.1) is 6.92 Å². The third-order valence-corrected chi connectivity index (χ3v) is 5.49. The zero-order chi connectivity index (χ0) is 18.7. The van der Waals surface area contributed by atoms with Gasteiger partial charge in [0.25, 0.3) is 0 Å². The molecule has 0 radical (unpaired) electrons. The van der Waals surface area contributed by atoms with Crippen molar-refractivity contribution < 1.29 is 17.9 Å². The lowest BCUT2D eigenvalue weighted by atomic mass is 10.0. The molecule has 3 rings (SSSR count). The molecule has 0 bridgehead atoms. The van der Waals surface area contributed by atoms with Gasteiger partial charge >= 0.3 is 0 Å². The number of nitrogens with one attached hydrogen (secondary N) is 1. The van der Waals surface area contributed by atoms with Gasteiger partial charge in [-0.1, -0.05) is 36.4 Å². The number of benzene rings is 2. The number of para-hydroxylation sites is 2. The predicted molar refractivity (Wildman–Crippen MR) is 101 cm³/mol. The minimum Gasteiger partial charge on any atom is -0.493 e. The van der Waals surface area contributed by atoms with E-state index in [1.54, 1.807) is 12.1 Å². The summed E-state index contributed by atoms with van der Waals surface area (Å²) < 4.78 is 31.2. The molecule has 0 saturated carbocycles. The molecule has 0 fully saturated rings. The van der Waals surface area contributed by atoms with E-state index in [1.807, 2.05) is 43.3 Å². The molecule has 7 heteroatoms. The Balaban J connectivity index is 1.79. The number of hydrogen-bond acceptors (Lipinski definition) is 4. The van der Waals surface area contributed by atoms with Crippen molar-refractivity contribution >= 4 is 21.6 Å². The average molecular weight is 374 g/mol. The number of rotatable bonds is 5. The highest BCUT2D eigenvalue weighted by Crippen LogP contribution is 2.31. The molecule has 0 unspecified atom stereocenters. The summed E-state index contributed by atoms with van der Waals surface area (Å²) in [4.78, 5) is 12.6. The maximum atomic E-state index is 12.6. The zero-order valence-electron chi connectivity index (χ0n) is 14.8. The standard InChI is InChI=1S/C19H22N2O4S/c1-14-7-3-5-9-17(14)21(26(2,23)24)13-19(22)20-16-11-12-25-18-10-6-4-8-15(16)18/h3-10,16H,11-13H2,1-2H3,(H,20,22)/t16-/m1/s1. The van der Waals surface area contributed by atoms with Gasteiger partial charge in [0.15, 0.2) is 0 Å². The number of sulfonamides is 1. The van der Waals surface area contributed by atoms with Crippen LogP contribution in [-0.4, -0.2) is 33.7 Å². The molecular formula is C19H22N2O4S. The molecule has 2 aromatic rings. The molecule has 1 amide bonds. The fourth-order valence-corrected chi connectivity index (χ4v) is 4.00. The lowest BCUT2D eigenvalue weighted by molar-refractivity contribution is -0.120. The highest BCUT2D eigenvalue weighted by Gasteiger charge is 2.26. The Morgan fingerprint density at radius 3 is 2.62 bits per heavy atom. The van der Waals surface area contributed by atoms with Crippen LogP contribution in [0.15, 0.2) is 48.5 Å². The van der Waals surface area contributed by atoms with Crippen molar-refractivity contribution in [1.29, 1.82) is 0 Å². The molecular weight excluding hydrogens is 352 g/mol. The van der Waals surface area contributed by atoms with Crippen LogP contribution >= 0.6 is 0 Å². The van der Waals surface area contributed by atoms with Crippen LogP contribution in [0.5, 0.6) is 5.75 Å². The van der Waals surface area contributed by atoms with E-state index in [0.29, 0.717) is 18.7 Å². The number of fused-ring (bicyclic) bond motifs is 1. The van der Waals surface area contributed by atoms with Crippen molar-refractivity contribution in [2.24, 2.45) is 0 Å². The molecule has 0 saturated heterocycles. The number of hydrogen-bond donors (Lipinski definition) is 1. The lowest BCUT2D eigenvalue weighted by Gasteiger charge is -2.28. The SMILES string of the molecule is Cc1ccccc1N(CC(=O)N[C@@H]1CCOc2ccccc21)S(C)(=O)=O. The number of anilines is 1. The minimum atomic E-state index is -3.59. The van der Waals surface area contributed by atoms with Gasteiger partial charge in [0, 0.05) is 12.0 Å². The van der Waals surface area contributed by atoms with Crippen LogP contribution in [0.25, 0.3) is 0 Å². The Hall–Kier alpha value is -2.54. The molecule has 138 valence electrons. The van der Waals surface area contributed by atoms with Gasteiger partial charge in [-0.15, -0.1) is 0 Å². The first-order chi connectivity index (χ1) is 12.4. The van der Waals surface area contributed by atoms with Crippen molar-refractivity contribution in [3.05, 3.63) is 59.7 Å². The van der Waals surface area contributed by atoms with E-state index in [2.05, 4.69) is 5.32 Å². The molecule has 1 heterocycles. The lowest BCUT2D eigenvalue weighted by Crippen LogP contribution is -2.42. The van der Waals surface area contributed by atoms with Gasteiger partial charge in [-0.3, -0.25) is 9.10 Å². The van der Waals surface area contributed by atoms with Gasteiger partial charge in [-0.05, 0) is 24.6 Å². The molecule has 0 aromatic heterocycles. The number of carbonyl (C=O) groups excluding carboxylic acids is 1. The van der Waals surface area contributed by atoms with Gasteiger partial charge in [0.05, 0.1) is 24.6 Å². The van der Waals surface area contributed by atoms with Crippen LogP contribution in [0.4, 0.5) is 5.69 Å². The van der Waals surface area contributed by atoms with E-state index in [9.17, 15) is 13.2 Å². The van der Waals surface area contributed by atoms with Crippen LogP contribution in [0.1, 0.15) is 23.6 Å². The normalized spacial score (nSPS) is 16.3. The first kappa shape index (κ1) is 18.3. The highest BCUT2D eigenvalue weighted by atomic mass is 32.2. The molecule has 0 spiro atoms. The Labute approximate surface area is 153 Å². The smallest absolute Gasteiger partial charge is 0.241 e. The van der Waals surface area contributed by atoms with Gasteiger partial charge in [0.2, 0.25) is 15.9 Å². The molecule has 6 nitrogen and oxygen atoms in total. The van der Waals surface area contributed by atoms with E-state index in [-0.39, 0.29) is 18.5 Å². The molecule has 0 aliphatic carbocycles. The van der Waals surface area contributed by atoms with Crippen molar-refractivity contribution in [2.75, 3.05) is 23.7 Å². The van der Waals surface area contributed by atoms with Gasteiger partial charge in [-0.25, -0.2) is 8.42 Å². The number of aryl methyl sites for hydroxylation is 1. The van der Waals surface area contributed by atoms with E-state index in [0.717, 1.165) is 27.4 Å². The van der Waals surface area contributed by atoms with Gasteiger partial charge < -0.3 is 10.1 Å². The van der Waals surface area contributed by atoms with E-state index < -0.39 is 10.0 Å². The second-order valence-corrected chi connectivity index (χ2v) is 8.26. The van der Waals surface area contributed by atoms with Crippen LogP contribution in [-0.2, 0) is 14.8 Å². The molecule has 26 heavy (non-hydrogen) atoms. The van der Waals surface area contributed by atoms with Gasteiger partial charge in [-0.2, -0.15) is 0 Å². The second-order valence-electron chi connectivity index (χ2n) is 6.35. The summed E-state index contributed by atoms with van der Waals surface area (Å²) >= 11 is 0. The summed E-state index contributed by atoms with van der Waals surface area (Å²) in [5.74, 6) is 0.406. The fourth-order valence-electron chi connectivity index (χ4n) is 3.09. The molecule has 2 aromatic carbocycles. The number of nitrogens with zero attached hydrogens (tertiary/aromatic N) is 1. The van der Waals surface area contributed by atoms with Crippen LogP contribution in [0.3, 0.4) is 0 Å². The number of ether oxygens (including phenoxy) is 1.